The maximum atomic E-state index is 11.3. The lowest BCUT2D eigenvalue weighted by Crippen LogP contribution is -2.24. The van der Waals surface area contributed by atoms with Gasteiger partial charge in [0.15, 0.2) is 6.10 Å². The van der Waals surface area contributed by atoms with Crippen LogP contribution in [0.5, 0.6) is 5.75 Å². The number of nitriles is 1. The Bertz CT molecular complexity index is 728. The molecule has 0 amide bonds. The number of nitrogens with zero attached hydrogens (tertiary/aromatic N) is 2. The van der Waals surface area contributed by atoms with E-state index in [4.69, 9.17) is 10.00 Å². The van der Waals surface area contributed by atoms with Gasteiger partial charge in [-0.1, -0.05) is 18.2 Å². The van der Waals surface area contributed by atoms with Crippen LogP contribution in [0.3, 0.4) is 0 Å². The molecule has 0 aliphatic rings. The summed E-state index contributed by atoms with van der Waals surface area (Å²) in [5.74, 6) is 0.178. The molecule has 0 radical (unpaired) electrons. The van der Waals surface area contributed by atoms with Gasteiger partial charge in [-0.2, -0.15) is 5.26 Å². The van der Waals surface area contributed by atoms with Crippen LogP contribution in [0.1, 0.15) is 23.7 Å². The predicted molar refractivity (Wildman–Crippen MR) is 86.4 cm³/mol. The first-order valence-corrected chi connectivity index (χ1v) is 7.01. The zero-order chi connectivity index (χ0) is 16.7. The average Bonchev–Trinajstić information content (AvgIpc) is 2.60. The van der Waals surface area contributed by atoms with Crippen molar-refractivity contribution >= 4 is 18.1 Å². The number of hydrogen-bond donors (Lipinski definition) is 0. The van der Waals surface area contributed by atoms with Gasteiger partial charge in [0.05, 0.1) is 18.4 Å². The third-order valence-corrected chi connectivity index (χ3v) is 3.09. The van der Waals surface area contributed by atoms with Crippen LogP contribution in [-0.4, -0.2) is 24.2 Å². The Labute approximate surface area is 134 Å². The Morgan fingerprint density at radius 2 is 1.96 bits per heavy atom. The summed E-state index contributed by atoms with van der Waals surface area (Å²) in [6, 6.07) is 12.8. The van der Waals surface area contributed by atoms with Crippen molar-refractivity contribution in [2.45, 2.75) is 13.0 Å². The Morgan fingerprint density at radius 3 is 2.52 bits per heavy atom. The molecular weight excluding hydrogens is 292 g/mol. The normalized spacial score (nSPS) is 11.7. The highest BCUT2D eigenvalue weighted by Crippen LogP contribution is 2.16. The van der Waals surface area contributed by atoms with Crippen molar-refractivity contribution in [3.63, 3.8) is 0 Å². The summed E-state index contributed by atoms with van der Waals surface area (Å²) >= 11 is 0. The van der Waals surface area contributed by atoms with Crippen LogP contribution in [0.15, 0.2) is 42.6 Å². The minimum Gasteiger partial charge on any atom is -0.479 e. The summed E-state index contributed by atoms with van der Waals surface area (Å²) in [7, 11) is 1.33. The van der Waals surface area contributed by atoms with E-state index in [1.54, 1.807) is 31.2 Å². The smallest absolute Gasteiger partial charge is 0.346 e. The van der Waals surface area contributed by atoms with Crippen LogP contribution in [0, 0.1) is 11.3 Å². The lowest BCUT2D eigenvalue weighted by molar-refractivity contribution is -0.147. The lowest BCUT2D eigenvalue weighted by atomic mass is 10.2. The van der Waals surface area contributed by atoms with Gasteiger partial charge in [0, 0.05) is 6.20 Å². The van der Waals surface area contributed by atoms with Gasteiger partial charge in [-0.05, 0) is 42.8 Å². The van der Waals surface area contributed by atoms with E-state index >= 15 is 0 Å². The number of hydrogen-bond acceptors (Lipinski definition) is 5. The van der Waals surface area contributed by atoms with Crippen molar-refractivity contribution in [2.75, 3.05) is 7.11 Å². The molecule has 0 saturated heterocycles. The maximum absolute atomic E-state index is 11.3. The van der Waals surface area contributed by atoms with E-state index in [-0.39, 0.29) is 0 Å². The van der Waals surface area contributed by atoms with E-state index in [1.807, 2.05) is 30.4 Å². The van der Waals surface area contributed by atoms with Crippen molar-refractivity contribution < 1.29 is 14.3 Å². The molecule has 0 aliphatic heterocycles. The highest BCUT2D eigenvalue weighted by molar-refractivity contribution is 5.74. The molecule has 1 aromatic heterocycles. The van der Waals surface area contributed by atoms with Crippen molar-refractivity contribution in [3.05, 3.63) is 59.4 Å². The Hall–Kier alpha value is -3.13. The fourth-order valence-electron chi connectivity index (χ4n) is 1.83. The fourth-order valence-corrected chi connectivity index (χ4v) is 1.83. The molecule has 0 bridgehead atoms. The molecule has 116 valence electrons. The first-order chi connectivity index (χ1) is 11.1. The Balaban J connectivity index is 2.00. The monoisotopic (exact) mass is 308 g/mol. The Kier molecular flexibility index (Phi) is 5.48. The zero-order valence-electron chi connectivity index (χ0n) is 12.9. The van der Waals surface area contributed by atoms with Crippen LogP contribution in [0.25, 0.3) is 12.2 Å². The molecule has 2 rings (SSSR count). The van der Waals surface area contributed by atoms with E-state index in [2.05, 4.69) is 9.72 Å². The number of benzene rings is 1. The molecule has 5 heteroatoms. The van der Waals surface area contributed by atoms with E-state index < -0.39 is 12.1 Å². The second-order valence-electron chi connectivity index (χ2n) is 4.77. The molecule has 0 fully saturated rings. The quantitative estimate of drug-likeness (QED) is 0.794. The number of carbonyl (C=O) groups is 1. The van der Waals surface area contributed by atoms with Gasteiger partial charge in [-0.3, -0.25) is 4.98 Å². The van der Waals surface area contributed by atoms with E-state index in [0.717, 1.165) is 11.3 Å². The van der Waals surface area contributed by atoms with Gasteiger partial charge in [0.2, 0.25) is 0 Å². The fraction of sp³-hybridized carbons (Fsp3) is 0.167. The summed E-state index contributed by atoms with van der Waals surface area (Å²) in [6.45, 7) is 1.64. The van der Waals surface area contributed by atoms with Crippen LogP contribution in [0.4, 0.5) is 0 Å². The summed E-state index contributed by atoms with van der Waals surface area (Å²) < 4.78 is 10.1. The van der Waals surface area contributed by atoms with Crippen LogP contribution in [0.2, 0.25) is 0 Å². The van der Waals surface area contributed by atoms with E-state index in [0.29, 0.717) is 11.3 Å². The molecule has 0 N–H and O–H groups in total. The number of methoxy groups -OCH3 is 1. The van der Waals surface area contributed by atoms with Crippen molar-refractivity contribution in [1.82, 2.24) is 4.98 Å². The molecule has 0 saturated carbocycles. The third-order valence-electron chi connectivity index (χ3n) is 3.09. The number of rotatable bonds is 5. The largest absolute Gasteiger partial charge is 0.479 e. The first kappa shape index (κ1) is 16.2. The molecule has 2 aromatic rings. The molecule has 0 unspecified atom stereocenters. The van der Waals surface area contributed by atoms with Crippen LogP contribution < -0.4 is 4.74 Å². The molecule has 0 aliphatic carbocycles. The average molecular weight is 308 g/mol. The van der Waals surface area contributed by atoms with Gasteiger partial charge in [0.25, 0.3) is 0 Å². The molecule has 23 heavy (non-hydrogen) atoms. The Morgan fingerprint density at radius 1 is 1.22 bits per heavy atom. The minimum atomic E-state index is -0.649. The van der Waals surface area contributed by atoms with Crippen molar-refractivity contribution in [3.8, 4) is 11.8 Å². The predicted octanol–water partition coefficient (Wildman–Crippen LogP) is 3.06. The first-order valence-electron chi connectivity index (χ1n) is 7.01. The highest BCUT2D eigenvalue weighted by atomic mass is 16.6. The van der Waals surface area contributed by atoms with Crippen LogP contribution >= 0.6 is 0 Å². The highest BCUT2D eigenvalue weighted by Gasteiger charge is 2.14. The third kappa shape index (κ3) is 4.68. The second-order valence-corrected chi connectivity index (χ2v) is 4.77. The maximum Gasteiger partial charge on any atom is 0.346 e. The molecule has 1 atom stereocenters. The van der Waals surface area contributed by atoms with Gasteiger partial charge in [0.1, 0.15) is 11.8 Å². The molecule has 0 spiro atoms. The van der Waals surface area contributed by atoms with Gasteiger partial charge >= 0.3 is 5.97 Å². The summed E-state index contributed by atoms with van der Waals surface area (Å²) in [6.07, 6.45) is 4.64. The zero-order valence-corrected chi connectivity index (χ0v) is 12.9. The van der Waals surface area contributed by atoms with E-state index in [9.17, 15) is 4.79 Å². The van der Waals surface area contributed by atoms with Crippen molar-refractivity contribution in [2.24, 2.45) is 0 Å². The molecular formula is C18H16N2O3. The number of esters is 1. The van der Waals surface area contributed by atoms with Gasteiger partial charge in [-0.25, -0.2) is 4.79 Å². The molecule has 1 aromatic carbocycles. The number of pyridine rings is 1. The van der Waals surface area contributed by atoms with Crippen LogP contribution in [-0.2, 0) is 9.53 Å². The molecule has 1 heterocycles. The molecule has 5 nitrogen and oxygen atoms in total. The minimum absolute atomic E-state index is 0.416. The second kappa shape index (κ2) is 7.76. The topological polar surface area (TPSA) is 72.2 Å². The SMILES string of the molecule is COC(=O)[C@H](C)Oc1ccc(/C=C/c2ccc(C#N)cn2)cc1. The lowest BCUT2D eigenvalue weighted by Gasteiger charge is -2.12. The summed E-state index contributed by atoms with van der Waals surface area (Å²) in [5, 5.41) is 8.73. The van der Waals surface area contributed by atoms with E-state index in [1.165, 1.54) is 13.3 Å². The number of carbonyl (C=O) groups excluding carboxylic acids is 1. The summed E-state index contributed by atoms with van der Waals surface area (Å²) in [4.78, 5) is 15.5. The van der Waals surface area contributed by atoms with Gasteiger partial charge < -0.3 is 9.47 Å². The summed E-state index contributed by atoms with van der Waals surface area (Å²) in [5.41, 5.74) is 2.27. The van der Waals surface area contributed by atoms with Gasteiger partial charge in [-0.15, -0.1) is 0 Å². The standard InChI is InChI=1S/C18H16N2O3/c1-13(18(21)22-2)23-17-9-5-14(6-10-17)3-7-16-8-4-15(11-19)12-20-16/h3-10,12-13H,1-2H3/b7-3+/t13-/m0/s1. The van der Waals surface area contributed by atoms with Crippen molar-refractivity contribution in [1.29, 1.82) is 5.26 Å². The number of ether oxygens (including phenoxy) is 2. The number of aromatic nitrogens is 1.